The van der Waals surface area contributed by atoms with E-state index in [4.69, 9.17) is 5.73 Å². The van der Waals surface area contributed by atoms with Gasteiger partial charge in [0.1, 0.15) is 11.5 Å². The second-order valence-electron chi connectivity index (χ2n) is 6.89. The highest BCUT2D eigenvalue weighted by atomic mass is 32.1. The number of ketones is 1. The Morgan fingerprint density at radius 1 is 1.52 bits per heavy atom. The van der Waals surface area contributed by atoms with Crippen LogP contribution in [-0.2, 0) is 0 Å². The second kappa shape index (κ2) is 7.49. The molecule has 0 aliphatic carbocycles. The summed E-state index contributed by atoms with van der Waals surface area (Å²) in [4.78, 5) is 24.6. The summed E-state index contributed by atoms with van der Waals surface area (Å²) in [6.07, 6.45) is 2.72. The first-order chi connectivity index (χ1) is 12.0. The van der Waals surface area contributed by atoms with Crippen molar-refractivity contribution >= 4 is 28.1 Å². The monoisotopic (exact) mass is 359 g/mol. The lowest BCUT2D eigenvalue weighted by molar-refractivity contribution is 0.103. The molecule has 7 heteroatoms. The zero-order valence-corrected chi connectivity index (χ0v) is 15.8. The molecule has 0 amide bonds. The second-order valence-corrected chi connectivity index (χ2v) is 8.07. The van der Waals surface area contributed by atoms with Gasteiger partial charge in [-0.2, -0.15) is 0 Å². The molecular weight excluding hydrogens is 334 g/mol. The Morgan fingerprint density at radius 3 is 3.04 bits per heavy atom. The number of hydrogen-bond acceptors (Lipinski definition) is 7. The number of carbonyl (C=O) groups excluding carboxylic acids is 1. The van der Waals surface area contributed by atoms with Crippen molar-refractivity contribution in [3.05, 3.63) is 34.5 Å². The van der Waals surface area contributed by atoms with Crippen molar-refractivity contribution in [2.24, 2.45) is 5.92 Å². The van der Waals surface area contributed by atoms with E-state index in [-0.39, 0.29) is 11.6 Å². The topological polar surface area (TPSA) is 84.1 Å². The van der Waals surface area contributed by atoms with Crippen LogP contribution < -0.4 is 16.0 Å². The van der Waals surface area contributed by atoms with Crippen LogP contribution >= 0.6 is 11.3 Å². The minimum absolute atomic E-state index is 0.153. The van der Waals surface area contributed by atoms with E-state index >= 15 is 0 Å². The molecule has 0 bridgehead atoms. The maximum atomic E-state index is 12.8. The lowest BCUT2D eigenvalue weighted by Gasteiger charge is -2.34. The predicted octanol–water partition coefficient (Wildman–Crippen LogP) is 2.48. The average molecular weight is 359 g/mol. The number of rotatable bonds is 5. The molecular formula is C18H25N5OS. The molecule has 1 atom stereocenters. The Balaban J connectivity index is 1.80. The maximum Gasteiger partial charge on any atom is 0.216 e. The van der Waals surface area contributed by atoms with Crippen LogP contribution in [0.5, 0.6) is 0 Å². The van der Waals surface area contributed by atoms with Gasteiger partial charge in [0, 0.05) is 36.8 Å². The number of nitrogens with zero attached hydrogens (tertiary/aromatic N) is 3. The van der Waals surface area contributed by atoms with Gasteiger partial charge in [-0.15, -0.1) is 11.3 Å². The highest BCUT2D eigenvalue weighted by molar-refractivity contribution is 7.15. The van der Waals surface area contributed by atoms with E-state index in [0.29, 0.717) is 23.2 Å². The number of aryl methyl sites for hydroxylation is 1. The molecule has 1 aliphatic rings. The predicted molar refractivity (Wildman–Crippen MR) is 102 cm³/mol. The Labute approximate surface area is 152 Å². The fourth-order valence-electron chi connectivity index (χ4n) is 3.19. The first-order valence-corrected chi connectivity index (χ1v) is 9.48. The number of aromatic nitrogens is 2. The summed E-state index contributed by atoms with van der Waals surface area (Å²) in [5, 5.41) is 4.49. The van der Waals surface area contributed by atoms with Crippen LogP contribution in [0.25, 0.3) is 0 Å². The number of pyridine rings is 1. The standard InChI is InChI=1S/C18H25N5OS/c1-11(2)9-13-10-23(8-7-20-13)18-22-15(12(3)25-18)16(24)14-5-4-6-21-17(14)19/h4-6,11,13,20H,7-10H2,1-3H3,(H2,19,21)/t13-/m0/s1. The first-order valence-electron chi connectivity index (χ1n) is 8.66. The van der Waals surface area contributed by atoms with E-state index in [0.717, 1.165) is 36.1 Å². The molecule has 0 radical (unpaired) electrons. The number of nitrogens with one attached hydrogen (secondary N) is 1. The summed E-state index contributed by atoms with van der Waals surface area (Å²) in [6.45, 7) is 9.19. The molecule has 1 saturated heterocycles. The third kappa shape index (κ3) is 3.99. The molecule has 0 unspecified atom stereocenters. The van der Waals surface area contributed by atoms with Crippen LogP contribution in [0.15, 0.2) is 18.3 Å². The van der Waals surface area contributed by atoms with Crippen molar-refractivity contribution in [1.29, 1.82) is 0 Å². The van der Waals surface area contributed by atoms with Crippen molar-refractivity contribution in [1.82, 2.24) is 15.3 Å². The molecule has 2 aromatic rings. The molecule has 6 nitrogen and oxygen atoms in total. The largest absolute Gasteiger partial charge is 0.383 e. The van der Waals surface area contributed by atoms with Gasteiger partial charge in [0.15, 0.2) is 5.13 Å². The summed E-state index contributed by atoms with van der Waals surface area (Å²) >= 11 is 1.58. The number of carbonyl (C=O) groups is 1. The lowest BCUT2D eigenvalue weighted by Crippen LogP contribution is -2.51. The minimum atomic E-state index is -0.153. The van der Waals surface area contributed by atoms with Gasteiger partial charge >= 0.3 is 0 Å². The van der Waals surface area contributed by atoms with Gasteiger partial charge in [-0.25, -0.2) is 9.97 Å². The maximum absolute atomic E-state index is 12.8. The Hall–Kier alpha value is -1.99. The van der Waals surface area contributed by atoms with E-state index in [2.05, 4.69) is 34.0 Å². The van der Waals surface area contributed by atoms with E-state index in [1.54, 1.807) is 29.7 Å². The fourth-order valence-corrected chi connectivity index (χ4v) is 4.13. The van der Waals surface area contributed by atoms with Crippen molar-refractivity contribution in [2.45, 2.75) is 33.2 Å². The van der Waals surface area contributed by atoms with Gasteiger partial charge in [0.2, 0.25) is 5.78 Å². The van der Waals surface area contributed by atoms with Gasteiger partial charge in [0.05, 0.1) is 5.56 Å². The minimum Gasteiger partial charge on any atom is -0.383 e. The van der Waals surface area contributed by atoms with Crippen molar-refractivity contribution in [2.75, 3.05) is 30.3 Å². The summed E-state index contributed by atoms with van der Waals surface area (Å²) < 4.78 is 0. The third-order valence-corrected chi connectivity index (χ3v) is 5.40. The molecule has 0 spiro atoms. The molecule has 25 heavy (non-hydrogen) atoms. The number of thiazole rings is 1. The molecule has 1 fully saturated rings. The van der Waals surface area contributed by atoms with Crippen LogP contribution in [0, 0.1) is 12.8 Å². The van der Waals surface area contributed by atoms with Gasteiger partial charge in [0.25, 0.3) is 0 Å². The van der Waals surface area contributed by atoms with E-state index in [9.17, 15) is 4.79 Å². The quantitative estimate of drug-likeness (QED) is 0.798. The van der Waals surface area contributed by atoms with Gasteiger partial charge < -0.3 is 16.0 Å². The zero-order chi connectivity index (χ0) is 18.0. The number of piperazine rings is 1. The Morgan fingerprint density at radius 2 is 2.32 bits per heavy atom. The Bertz CT molecular complexity index is 758. The van der Waals surface area contributed by atoms with Crippen LogP contribution in [0.4, 0.5) is 10.9 Å². The molecule has 1 aliphatic heterocycles. The van der Waals surface area contributed by atoms with Crippen LogP contribution in [0.2, 0.25) is 0 Å². The summed E-state index contributed by atoms with van der Waals surface area (Å²) in [5.41, 5.74) is 6.75. The van der Waals surface area contributed by atoms with Crippen molar-refractivity contribution < 1.29 is 4.79 Å². The fraction of sp³-hybridized carbons (Fsp3) is 0.500. The zero-order valence-electron chi connectivity index (χ0n) is 15.0. The molecule has 2 aromatic heterocycles. The number of hydrogen-bond donors (Lipinski definition) is 2. The smallest absolute Gasteiger partial charge is 0.216 e. The van der Waals surface area contributed by atoms with Crippen LogP contribution in [0.3, 0.4) is 0 Å². The van der Waals surface area contributed by atoms with E-state index in [1.807, 2.05) is 6.92 Å². The molecule has 0 saturated carbocycles. The number of nitrogens with two attached hydrogens (primary N) is 1. The normalized spacial score (nSPS) is 17.9. The third-order valence-electron chi connectivity index (χ3n) is 4.37. The summed E-state index contributed by atoms with van der Waals surface area (Å²) in [6, 6.07) is 3.89. The van der Waals surface area contributed by atoms with Crippen molar-refractivity contribution in [3.8, 4) is 0 Å². The molecule has 0 aromatic carbocycles. The van der Waals surface area contributed by atoms with Crippen LogP contribution in [-0.4, -0.2) is 41.4 Å². The molecule has 3 rings (SSSR count). The van der Waals surface area contributed by atoms with E-state index < -0.39 is 0 Å². The molecule has 3 heterocycles. The highest BCUT2D eigenvalue weighted by Gasteiger charge is 2.25. The van der Waals surface area contributed by atoms with Gasteiger partial charge in [-0.3, -0.25) is 4.79 Å². The highest BCUT2D eigenvalue weighted by Crippen LogP contribution is 2.29. The molecule has 3 N–H and O–H groups in total. The first kappa shape index (κ1) is 17.8. The van der Waals surface area contributed by atoms with Gasteiger partial charge in [-0.05, 0) is 31.4 Å². The number of anilines is 2. The van der Waals surface area contributed by atoms with Crippen molar-refractivity contribution in [3.63, 3.8) is 0 Å². The average Bonchev–Trinajstić information content (AvgIpc) is 2.96. The summed E-state index contributed by atoms with van der Waals surface area (Å²) in [5.74, 6) is 0.751. The summed E-state index contributed by atoms with van der Waals surface area (Å²) in [7, 11) is 0. The Kier molecular flexibility index (Phi) is 5.34. The van der Waals surface area contributed by atoms with Crippen LogP contribution in [0.1, 0.15) is 41.2 Å². The lowest BCUT2D eigenvalue weighted by atomic mass is 10.0. The van der Waals surface area contributed by atoms with E-state index in [1.165, 1.54) is 0 Å². The van der Waals surface area contributed by atoms with Gasteiger partial charge in [-0.1, -0.05) is 13.8 Å². The molecule has 134 valence electrons. The number of nitrogen functional groups attached to an aromatic ring is 1. The SMILES string of the molecule is Cc1sc(N2CCN[C@@H](CC(C)C)C2)nc1C(=O)c1cccnc1N.